The van der Waals surface area contributed by atoms with Gasteiger partial charge in [-0.1, -0.05) is 13.8 Å². The first kappa shape index (κ1) is 12.0. The number of hydrogen-bond donors (Lipinski definition) is 1. The van der Waals surface area contributed by atoms with Gasteiger partial charge in [0.2, 0.25) is 0 Å². The van der Waals surface area contributed by atoms with Crippen molar-refractivity contribution >= 4 is 0 Å². The molecule has 1 fully saturated rings. The number of hydrogen-bond acceptors (Lipinski definition) is 3. The first-order valence-corrected chi connectivity index (χ1v) is 5.67. The molecular weight excluding hydrogens is 178 g/mol. The summed E-state index contributed by atoms with van der Waals surface area (Å²) in [5, 5.41) is 9.42. The zero-order chi connectivity index (χ0) is 10.4. The van der Waals surface area contributed by atoms with Gasteiger partial charge in [0.15, 0.2) is 0 Å². The third-order valence-corrected chi connectivity index (χ3v) is 3.07. The Balaban J connectivity index is 2.44. The zero-order valence-electron chi connectivity index (χ0n) is 9.46. The van der Waals surface area contributed by atoms with E-state index in [9.17, 15) is 5.11 Å². The van der Waals surface area contributed by atoms with Crippen LogP contribution in [0.25, 0.3) is 0 Å². The van der Waals surface area contributed by atoms with Crippen molar-refractivity contribution in [3.05, 3.63) is 0 Å². The Kier molecular flexibility index (Phi) is 4.85. The number of rotatable bonds is 6. The van der Waals surface area contributed by atoms with Crippen molar-refractivity contribution in [1.82, 2.24) is 4.90 Å². The van der Waals surface area contributed by atoms with Gasteiger partial charge in [0.25, 0.3) is 0 Å². The monoisotopic (exact) mass is 201 g/mol. The van der Waals surface area contributed by atoms with E-state index >= 15 is 0 Å². The van der Waals surface area contributed by atoms with Gasteiger partial charge in [0.05, 0.1) is 13.2 Å². The molecule has 0 aromatic carbocycles. The maximum atomic E-state index is 9.42. The summed E-state index contributed by atoms with van der Waals surface area (Å²) in [6.45, 7) is 9.33. The van der Waals surface area contributed by atoms with E-state index in [0.29, 0.717) is 0 Å². The fourth-order valence-corrected chi connectivity index (χ4v) is 2.09. The molecule has 84 valence electrons. The summed E-state index contributed by atoms with van der Waals surface area (Å²) in [5.74, 6) is 0. The lowest BCUT2D eigenvalue weighted by Crippen LogP contribution is -2.41. The normalized spacial score (nSPS) is 27.4. The van der Waals surface area contributed by atoms with Gasteiger partial charge in [-0.2, -0.15) is 0 Å². The Morgan fingerprint density at radius 2 is 2.21 bits per heavy atom. The lowest BCUT2D eigenvalue weighted by Gasteiger charge is -2.32. The molecule has 14 heavy (non-hydrogen) atoms. The summed E-state index contributed by atoms with van der Waals surface area (Å²) in [7, 11) is 0. The molecule has 1 atom stereocenters. The maximum absolute atomic E-state index is 9.42. The van der Waals surface area contributed by atoms with Gasteiger partial charge in [0, 0.05) is 18.6 Å². The van der Waals surface area contributed by atoms with Crippen LogP contribution in [0.15, 0.2) is 0 Å². The van der Waals surface area contributed by atoms with E-state index in [1.54, 1.807) is 0 Å². The highest BCUT2D eigenvalue weighted by Crippen LogP contribution is 2.29. The van der Waals surface area contributed by atoms with Crippen LogP contribution in [-0.2, 0) is 4.74 Å². The summed E-state index contributed by atoms with van der Waals surface area (Å²) in [4.78, 5) is 2.41. The number of aliphatic hydroxyl groups excluding tert-OH is 1. The molecule has 1 aliphatic rings. The second kappa shape index (κ2) is 5.69. The molecular formula is C11H23NO2. The zero-order valence-corrected chi connectivity index (χ0v) is 9.46. The average Bonchev–Trinajstić information content (AvgIpc) is 2.66. The van der Waals surface area contributed by atoms with Crippen molar-refractivity contribution in [1.29, 1.82) is 0 Å². The molecule has 0 saturated carbocycles. The van der Waals surface area contributed by atoms with Gasteiger partial charge in [-0.3, -0.25) is 0 Å². The van der Waals surface area contributed by atoms with E-state index in [1.165, 1.54) is 6.42 Å². The van der Waals surface area contributed by atoms with Crippen LogP contribution in [0, 0.1) is 5.41 Å². The first-order valence-electron chi connectivity index (χ1n) is 5.67. The fourth-order valence-electron chi connectivity index (χ4n) is 2.09. The molecule has 3 heteroatoms. The van der Waals surface area contributed by atoms with Gasteiger partial charge >= 0.3 is 0 Å². The Morgan fingerprint density at radius 1 is 1.43 bits per heavy atom. The molecule has 0 aliphatic carbocycles. The third kappa shape index (κ3) is 2.94. The van der Waals surface area contributed by atoms with Gasteiger partial charge in [-0.25, -0.2) is 0 Å². The van der Waals surface area contributed by atoms with Crippen molar-refractivity contribution in [3.8, 4) is 0 Å². The van der Waals surface area contributed by atoms with Crippen LogP contribution >= 0.6 is 0 Å². The van der Waals surface area contributed by atoms with Crippen LogP contribution in [0.2, 0.25) is 0 Å². The van der Waals surface area contributed by atoms with E-state index in [4.69, 9.17) is 4.74 Å². The lowest BCUT2D eigenvalue weighted by atomic mass is 9.87. The number of ether oxygens (including phenoxy) is 1. The molecule has 0 radical (unpaired) electrons. The average molecular weight is 201 g/mol. The van der Waals surface area contributed by atoms with Gasteiger partial charge in [-0.05, 0) is 25.9 Å². The molecule has 1 rings (SSSR count). The molecule has 1 N–H and O–H groups in total. The van der Waals surface area contributed by atoms with Gasteiger partial charge in [0.1, 0.15) is 0 Å². The van der Waals surface area contributed by atoms with Crippen LogP contribution in [0.5, 0.6) is 0 Å². The topological polar surface area (TPSA) is 32.7 Å². The molecule has 0 aromatic heterocycles. The Labute approximate surface area is 87.1 Å². The summed E-state index contributed by atoms with van der Waals surface area (Å²) in [6.07, 6.45) is 2.18. The summed E-state index contributed by atoms with van der Waals surface area (Å²) >= 11 is 0. The summed E-state index contributed by atoms with van der Waals surface area (Å²) < 4.78 is 5.39. The smallest absolute Gasteiger partial charge is 0.0557 e. The fraction of sp³-hybridized carbons (Fsp3) is 1.00. The minimum atomic E-state index is 0.0190. The largest absolute Gasteiger partial charge is 0.396 e. The molecule has 1 aliphatic heterocycles. The highest BCUT2D eigenvalue weighted by molar-refractivity contribution is 4.85. The van der Waals surface area contributed by atoms with Crippen LogP contribution in [0.1, 0.15) is 26.7 Å². The molecule has 1 unspecified atom stereocenters. The van der Waals surface area contributed by atoms with Crippen LogP contribution in [0.4, 0.5) is 0 Å². The predicted molar refractivity (Wildman–Crippen MR) is 57.4 cm³/mol. The van der Waals surface area contributed by atoms with E-state index in [2.05, 4.69) is 18.7 Å². The van der Waals surface area contributed by atoms with Crippen molar-refractivity contribution in [3.63, 3.8) is 0 Å². The lowest BCUT2D eigenvalue weighted by molar-refractivity contribution is 0.0583. The Hall–Kier alpha value is -0.120. The quantitative estimate of drug-likeness (QED) is 0.699. The van der Waals surface area contributed by atoms with Gasteiger partial charge < -0.3 is 14.7 Å². The molecule has 1 saturated heterocycles. The van der Waals surface area contributed by atoms with Crippen molar-refractivity contribution in [2.75, 3.05) is 39.5 Å². The van der Waals surface area contributed by atoms with E-state index < -0.39 is 0 Å². The van der Waals surface area contributed by atoms with E-state index in [1.807, 2.05) is 0 Å². The van der Waals surface area contributed by atoms with Crippen molar-refractivity contribution in [2.24, 2.45) is 5.41 Å². The second-order valence-corrected chi connectivity index (χ2v) is 4.33. The summed E-state index contributed by atoms with van der Waals surface area (Å²) in [5.41, 5.74) is 0.0190. The Bertz CT molecular complexity index is 155. The third-order valence-electron chi connectivity index (χ3n) is 3.07. The molecule has 3 nitrogen and oxygen atoms in total. The standard InChI is InChI=1S/C11H23NO2/c1-3-6-12(4-2)8-11(9-13)5-7-14-10-11/h13H,3-10H2,1-2H3. The van der Waals surface area contributed by atoms with Gasteiger partial charge in [-0.15, -0.1) is 0 Å². The molecule has 0 spiro atoms. The second-order valence-electron chi connectivity index (χ2n) is 4.33. The van der Waals surface area contributed by atoms with Crippen LogP contribution in [-0.4, -0.2) is 49.5 Å². The van der Waals surface area contributed by atoms with Crippen LogP contribution in [0.3, 0.4) is 0 Å². The molecule has 0 amide bonds. The number of aliphatic hydroxyl groups is 1. The first-order chi connectivity index (χ1) is 6.76. The molecule has 1 heterocycles. The van der Waals surface area contributed by atoms with Crippen LogP contribution < -0.4 is 0 Å². The minimum Gasteiger partial charge on any atom is -0.396 e. The SMILES string of the molecule is CCCN(CC)CC1(CO)CCOC1. The Morgan fingerprint density at radius 3 is 2.64 bits per heavy atom. The molecule has 0 aromatic rings. The molecule has 0 bridgehead atoms. The highest BCUT2D eigenvalue weighted by atomic mass is 16.5. The van der Waals surface area contributed by atoms with Crippen molar-refractivity contribution < 1.29 is 9.84 Å². The maximum Gasteiger partial charge on any atom is 0.0557 e. The van der Waals surface area contributed by atoms with E-state index in [-0.39, 0.29) is 12.0 Å². The summed E-state index contributed by atoms with van der Waals surface area (Å²) in [6, 6.07) is 0. The number of nitrogens with zero attached hydrogens (tertiary/aromatic N) is 1. The highest BCUT2D eigenvalue weighted by Gasteiger charge is 2.35. The van der Waals surface area contributed by atoms with E-state index in [0.717, 1.165) is 39.3 Å². The van der Waals surface area contributed by atoms with Crippen molar-refractivity contribution in [2.45, 2.75) is 26.7 Å². The minimum absolute atomic E-state index is 0.0190. The predicted octanol–water partition coefficient (Wildman–Crippen LogP) is 1.12.